The molecule has 3 aromatic rings. The lowest BCUT2D eigenvalue weighted by atomic mass is 10.1. The first kappa shape index (κ1) is 19.2. The molecule has 0 aliphatic carbocycles. The van der Waals surface area contributed by atoms with Crippen LogP contribution in [0.1, 0.15) is 24.0 Å². The number of rotatable bonds is 6. The molecular weight excluding hydrogens is 360 g/mol. The molecule has 150 valence electrons. The van der Waals surface area contributed by atoms with Gasteiger partial charge in [-0.15, -0.1) is 0 Å². The lowest BCUT2D eigenvalue weighted by Crippen LogP contribution is -2.49. The van der Waals surface area contributed by atoms with Gasteiger partial charge in [0.2, 0.25) is 11.9 Å². The van der Waals surface area contributed by atoms with Gasteiger partial charge in [-0.2, -0.15) is 0 Å². The first-order valence-corrected chi connectivity index (χ1v) is 10.4. The largest absolute Gasteiger partial charge is 0.339 e. The fourth-order valence-corrected chi connectivity index (χ4v) is 3.84. The van der Waals surface area contributed by atoms with Crippen LogP contribution in [0.2, 0.25) is 0 Å². The molecule has 2 heterocycles. The number of amides is 1. The third-order valence-electron chi connectivity index (χ3n) is 5.55. The number of benzene rings is 2. The lowest BCUT2D eigenvalue weighted by Gasteiger charge is -2.35. The summed E-state index contributed by atoms with van der Waals surface area (Å²) in [4.78, 5) is 21.4. The predicted molar refractivity (Wildman–Crippen MR) is 116 cm³/mol. The smallest absolute Gasteiger partial charge is 0.222 e. The molecule has 29 heavy (non-hydrogen) atoms. The molecule has 0 radical (unpaired) electrons. The zero-order chi connectivity index (χ0) is 20.1. The van der Waals surface area contributed by atoms with Crippen LogP contribution < -0.4 is 4.90 Å². The number of nitrogens with zero attached hydrogens (tertiary/aromatic N) is 4. The Balaban J connectivity index is 1.30. The minimum Gasteiger partial charge on any atom is -0.339 e. The molecule has 2 aromatic carbocycles. The van der Waals surface area contributed by atoms with E-state index in [0.29, 0.717) is 6.42 Å². The van der Waals surface area contributed by atoms with Gasteiger partial charge in [0, 0.05) is 50.7 Å². The van der Waals surface area contributed by atoms with Crippen molar-refractivity contribution >= 4 is 11.9 Å². The number of aryl methyl sites for hydroxylation is 2. The van der Waals surface area contributed by atoms with Crippen molar-refractivity contribution in [3.63, 3.8) is 0 Å². The van der Waals surface area contributed by atoms with Crippen molar-refractivity contribution in [3.8, 4) is 5.69 Å². The molecule has 1 amide bonds. The topological polar surface area (TPSA) is 41.4 Å². The molecule has 4 rings (SSSR count). The number of carbonyl (C=O) groups excluding carboxylic acids is 1. The third-order valence-corrected chi connectivity index (χ3v) is 5.55. The maximum Gasteiger partial charge on any atom is 0.222 e. The molecular formula is C24H28N4O. The van der Waals surface area contributed by atoms with E-state index in [4.69, 9.17) is 0 Å². The van der Waals surface area contributed by atoms with Crippen LogP contribution in [-0.4, -0.2) is 46.5 Å². The van der Waals surface area contributed by atoms with Crippen LogP contribution in [-0.2, 0) is 11.2 Å². The zero-order valence-electron chi connectivity index (χ0n) is 17.0. The molecule has 0 atom stereocenters. The number of hydrogen-bond acceptors (Lipinski definition) is 3. The van der Waals surface area contributed by atoms with Crippen molar-refractivity contribution in [1.82, 2.24) is 14.5 Å². The minimum atomic E-state index is 0.266. The molecule has 0 N–H and O–H groups in total. The fourth-order valence-electron chi connectivity index (χ4n) is 3.84. The van der Waals surface area contributed by atoms with Gasteiger partial charge in [-0.3, -0.25) is 9.36 Å². The monoisotopic (exact) mass is 388 g/mol. The SMILES string of the molecule is Cc1ccc(-n2ccnc2N2CCN(C(=O)CCCc3ccccc3)CC2)cc1. The molecule has 5 heteroatoms. The van der Waals surface area contributed by atoms with Crippen molar-refractivity contribution in [2.45, 2.75) is 26.2 Å². The van der Waals surface area contributed by atoms with Gasteiger partial charge in [0.05, 0.1) is 0 Å². The molecule has 0 bridgehead atoms. The summed E-state index contributed by atoms with van der Waals surface area (Å²) < 4.78 is 2.12. The first-order chi connectivity index (χ1) is 14.2. The number of imidazole rings is 1. The Bertz CT molecular complexity index is 925. The number of hydrogen-bond donors (Lipinski definition) is 0. The Kier molecular flexibility index (Phi) is 5.94. The van der Waals surface area contributed by atoms with Gasteiger partial charge in [-0.25, -0.2) is 4.98 Å². The van der Waals surface area contributed by atoms with E-state index in [9.17, 15) is 4.79 Å². The van der Waals surface area contributed by atoms with Crippen LogP contribution >= 0.6 is 0 Å². The molecule has 1 aromatic heterocycles. The summed E-state index contributed by atoms with van der Waals surface area (Å²) in [6.07, 6.45) is 6.33. The van der Waals surface area contributed by atoms with Gasteiger partial charge in [0.25, 0.3) is 0 Å². The van der Waals surface area contributed by atoms with Crippen LogP contribution in [0.3, 0.4) is 0 Å². The van der Waals surface area contributed by atoms with Gasteiger partial charge >= 0.3 is 0 Å². The number of aromatic nitrogens is 2. The average Bonchev–Trinajstić information content (AvgIpc) is 3.25. The molecule has 0 spiro atoms. The van der Waals surface area contributed by atoms with Crippen LogP contribution in [0.4, 0.5) is 5.95 Å². The summed E-state index contributed by atoms with van der Waals surface area (Å²) in [6, 6.07) is 18.8. The highest BCUT2D eigenvalue weighted by Gasteiger charge is 2.23. The van der Waals surface area contributed by atoms with E-state index in [1.54, 1.807) is 0 Å². The van der Waals surface area contributed by atoms with E-state index in [0.717, 1.165) is 50.7 Å². The number of carbonyl (C=O) groups is 1. The van der Waals surface area contributed by atoms with E-state index >= 15 is 0 Å². The van der Waals surface area contributed by atoms with Crippen LogP contribution in [0, 0.1) is 6.92 Å². The molecule has 1 saturated heterocycles. The van der Waals surface area contributed by atoms with E-state index < -0.39 is 0 Å². The van der Waals surface area contributed by atoms with Gasteiger partial charge < -0.3 is 9.80 Å². The lowest BCUT2D eigenvalue weighted by molar-refractivity contribution is -0.131. The molecule has 0 unspecified atom stereocenters. The highest BCUT2D eigenvalue weighted by Crippen LogP contribution is 2.20. The summed E-state index contributed by atoms with van der Waals surface area (Å²) in [7, 11) is 0. The normalized spacial score (nSPS) is 14.2. The van der Waals surface area contributed by atoms with Crippen molar-refractivity contribution < 1.29 is 4.79 Å². The third kappa shape index (κ3) is 4.67. The maximum atomic E-state index is 12.6. The van der Waals surface area contributed by atoms with Crippen LogP contribution in [0.25, 0.3) is 5.69 Å². The van der Waals surface area contributed by atoms with Crippen molar-refractivity contribution in [2.75, 3.05) is 31.1 Å². The molecule has 1 aliphatic heterocycles. The fraction of sp³-hybridized carbons (Fsp3) is 0.333. The summed E-state index contributed by atoms with van der Waals surface area (Å²) in [5.74, 6) is 1.22. The molecule has 0 saturated carbocycles. The Labute approximate surface area is 172 Å². The summed E-state index contributed by atoms with van der Waals surface area (Å²) in [6.45, 7) is 5.23. The van der Waals surface area contributed by atoms with E-state index in [1.165, 1.54) is 11.1 Å². The van der Waals surface area contributed by atoms with Gasteiger partial charge in [-0.05, 0) is 37.5 Å². The second kappa shape index (κ2) is 8.95. The standard InChI is InChI=1S/C24H28N4O/c1-20-10-12-22(13-11-20)28-15-14-25-24(28)27-18-16-26(17-19-27)23(29)9-5-8-21-6-3-2-4-7-21/h2-4,6-7,10-15H,5,8-9,16-19H2,1H3. The second-order valence-corrected chi connectivity index (χ2v) is 7.64. The Morgan fingerprint density at radius 1 is 0.966 bits per heavy atom. The number of piperazine rings is 1. The van der Waals surface area contributed by atoms with E-state index in [2.05, 4.69) is 69.9 Å². The molecule has 1 aliphatic rings. The first-order valence-electron chi connectivity index (χ1n) is 10.4. The number of anilines is 1. The van der Waals surface area contributed by atoms with Crippen molar-refractivity contribution in [3.05, 3.63) is 78.1 Å². The zero-order valence-corrected chi connectivity index (χ0v) is 17.0. The van der Waals surface area contributed by atoms with E-state index in [1.807, 2.05) is 23.4 Å². The minimum absolute atomic E-state index is 0.266. The summed E-state index contributed by atoms with van der Waals surface area (Å²) >= 11 is 0. The van der Waals surface area contributed by atoms with Gasteiger partial charge in [0.15, 0.2) is 0 Å². The Morgan fingerprint density at radius 3 is 2.41 bits per heavy atom. The average molecular weight is 389 g/mol. The second-order valence-electron chi connectivity index (χ2n) is 7.64. The Morgan fingerprint density at radius 2 is 1.69 bits per heavy atom. The molecule has 1 fully saturated rings. The van der Waals surface area contributed by atoms with Crippen molar-refractivity contribution in [1.29, 1.82) is 0 Å². The highest BCUT2D eigenvalue weighted by atomic mass is 16.2. The maximum absolute atomic E-state index is 12.6. The molecule has 5 nitrogen and oxygen atoms in total. The van der Waals surface area contributed by atoms with Crippen LogP contribution in [0.15, 0.2) is 67.0 Å². The highest BCUT2D eigenvalue weighted by molar-refractivity contribution is 5.76. The van der Waals surface area contributed by atoms with E-state index in [-0.39, 0.29) is 5.91 Å². The predicted octanol–water partition coefficient (Wildman–Crippen LogP) is 3.85. The Hall–Kier alpha value is -3.08. The van der Waals surface area contributed by atoms with Crippen molar-refractivity contribution in [2.24, 2.45) is 0 Å². The summed E-state index contributed by atoms with van der Waals surface area (Å²) in [5, 5.41) is 0. The van der Waals surface area contributed by atoms with Gasteiger partial charge in [0.1, 0.15) is 0 Å². The van der Waals surface area contributed by atoms with Crippen LogP contribution in [0.5, 0.6) is 0 Å². The van der Waals surface area contributed by atoms with Gasteiger partial charge in [-0.1, -0.05) is 48.0 Å². The quantitative estimate of drug-likeness (QED) is 0.644. The summed E-state index contributed by atoms with van der Waals surface area (Å²) in [5.41, 5.74) is 3.66.